The maximum atomic E-state index is 11.3. The normalized spacial score (nSPS) is 15.8. The van der Waals surface area contributed by atoms with Crippen LogP contribution in [0.25, 0.3) is 0 Å². The first-order chi connectivity index (χ1) is 5.00. The largest absolute Gasteiger partial charge is 0.263 e. The second-order valence-corrected chi connectivity index (χ2v) is 5.38. The second kappa shape index (κ2) is 2.88. The van der Waals surface area contributed by atoms with E-state index in [0.717, 1.165) is 4.90 Å². The number of benzene rings is 1. The summed E-state index contributed by atoms with van der Waals surface area (Å²) >= 11 is 5.65. The zero-order valence-corrected chi connectivity index (χ0v) is 7.78. The Hall–Kier alpha value is -0.470. The maximum absolute atomic E-state index is 11.3. The highest BCUT2D eigenvalue weighted by molar-refractivity contribution is 7.99. The molecule has 3 heteroatoms. The zero-order chi connectivity index (χ0) is 8.48. The van der Waals surface area contributed by atoms with Crippen LogP contribution in [0.5, 0.6) is 0 Å². The van der Waals surface area contributed by atoms with Gasteiger partial charge in [0.05, 0.1) is 0 Å². The molecule has 0 bridgehead atoms. The molecule has 0 aliphatic carbocycles. The highest BCUT2D eigenvalue weighted by atomic mass is 35.5. The lowest BCUT2D eigenvalue weighted by Gasteiger charge is -2.00. The van der Waals surface area contributed by atoms with Crippen LogP contribution < -0.4 is 0 Å². The van der Waals surface area contributed by atoms with Gasteiger partial charge >= 0.3 is 0 Å². The molecule has 1 aromatic rings. The SMILES string of the molecule is C=S(C)(=O)c1ccc(Cl)cc1. The van der Waals surface area contributed by atoms with Gasteiger partial charge < -0.3 is 0 Å². The third-order valence-electron chi connectivity index (χ3n) is 1.31. The third kappa shape index (κ3) is 2.24. The van der Waals surface area contributed by atoms with E-state index >= 15 is 0 Å². The van der Waals surface area contributed by atoms with Crippen LogP contribution >= 0.6 is 11.6 Å². The van der Waals surface area contributed by atoms with Crippen LogP contribution in [0.1, 0.15) is 0 Å². The van der Waals surface area contributed by atoms with Gasteiger partial charge in [-0.05, 0) is 39.7 Å². The van der Waals surface area contributed by atoms with Gasteiger partial charge in [-0.2, -0.15) is 0 Å². The molecule has 0 aliphatic heterocycles. The molecule has 1 rings (SSSR count). The smallest absolute Gasteiger partial charge is 0.0406 e. The predicted octanol–water partition coefficient (Wildman–Crippen LogP) is 2.05. The first-order valence-electron chi connectivity index (χ1n) is 3.08. The third-order valence-corrected chi connectivity index (χ3v) is 2.83. The highest BCUT2D eigenvalue weighted by Gasteiger charge is 1.98. The molecule has 1 nitrogen and oxygen atoms in total. The number of rotatable bonds is 1. The van der Waals surface area contributed by atoms with Crippen LogP contribution in [0.15, 0.2) is 29.2 Å². The molecule has 0 saturated heterocycles. The van der Waals surface area contributed by atoms with E-state index in [4.69, 9.17) is 11.6 Å². The van der Waals surface area contributed by atoms with E-state index < -0.39 is 9.52 Å². The van der Waals surface area contributed by atoms with E-state index in [1.54, 1.807) is 30.5 Å². The van der Waals surface area contributed by atoms with Crippen molar-refractivity contribution in [1.29, 1.82) is 0 Å². The molecule has 0 radical (unpaired) electrons. The Balaban J connectivity index is 3.20. The summed E-state index contributed by atoms with van der Waals surface area (Å²) in [4.78, 5) is 0.738. The monoisotopic (exact) mass is 188 g/mol. The van der Waals surface area contributed by atoms with Crippen molar-refractivity contribution in [1.82, 2.24) is 0 Å². The van der Waals surface area contributed by atoms with E-state index in [9.17, 15) is 4.21 Å². The van der Waals surface area contributed by atoms with Gasteiger partial charge in [-0.1, -0.05) is 11.6 Å². The molecule has 1 aromatic carbocycles. The zero-order valence-electron chi connectivity index (χ0n) is 6.21. The lowest BCUT2D eigenvalue weighted by atomic mass is 10.4. The average Bonchev–Trinajstić information content (AvgIpc) is 1.86. The molecule has 0 heterocycles. The summed E-state index contributed by atoms with van der Waals surface area (Å²) in [7, 11) is -2.08. The van der Waals surface area contributed by atoms with Crippen LogP contribution in [0, 0.1) is 0 Å². The lowest BCUT2D eigenvalue weighted by Crippen LogP contribution is -1.95. The first-order valence-corrected chi connectivity index (χ1v) is 5.59. The quantitative estimate of drug-likeness (QED) is 0.617. The van der Waals surface area contributed by atoms with Gasteiger partial charge in [0.25, 0.3) is 0 Å². The minimum atomic E-state index is -2.08. The summed E-state index contributed by atoms with van der Waals surface area (Å²) in [5.74, 6) is 3.56. The van der Waals surface area contributed by atoms with Gasteiger partial charge in [-0.3, -0.25) is 4.21 Å². The number of hydrogen-bond acceptors (Lipinski definition) is 1. The van der Waals surface area contributed by atoms with Gasteiger partial charge in [0.1, 0.15) is 0 Å². The van der Waals surface area contributed by atoms with Crippen LogP contribution in [0.4, 0.5) is 0 Å². The molecular formula is C8H9ClOS. The predicted molar refractivity (Wildman–Crippen MR) is 50.9 cm³/mol. The fourth-order valence-corrected chi connectivity index (χ4v) is 1.56. The van der Waals surface area contributed by atoms with Crippen LogP contribution in [-0.4, -0.2) is 16.3 Å². The Morgan fingerprint density at radius 1 is 1.36 bits per heavy atom. The molecule has 1 atom stereocenters. The molecule has 0 spiro atoms. The fraction of sp³-hybridized carbons (Fsp3) is 0.125. The van der Waals surface area contributed by atoms with Gasteiger partial charge in [0, 0.05) is 16.2 Å². The molecule has 0 saturated carbocycles. The van der Waals surface area contributed by atoms with Crippen molar-refractivity contribution in [2.45, 2.75) is 4.90 Å². The van der Waals surface area contributed by atoms with Gasteiger partial charge in [-0.25, -0.2) is 0 Å². The first kappa shape index (κ1) is 8.62. The average molecular weight is 189 g/mol. The van der Waals surface area contributed by atoms with Crippen molar-refractivity contribution in [2.75, 3.05) is 6.26 Å². The van der Waals surface area contributed by atoms with Gasteiger partial charge in [-0.15, -0.1) is 0 Å². The molecule has 60 valence electrons. The van der Waals surface area contributed by atoms with Crippen molar-refractivity contribution in [3.05, 3.63) is 29.3 Å². The molecule has 1 unspecified atom stereocenters. The van der Waals surface area contributed by atoms with Crippen LogP contribution in [-0.2, 0) is 9.52 Å². The summed E-state index contributed by atoms with van der Waals surface area (Å²) in [5, 5.41) is 0.650. The number of halogens is 1. The van der Waals surface area contributed by atoms with Crippen molar-refractivity contribution >= 4 is 27.0 Å². The fourth-order valence-electron chi connectivity index (χ4n) is 0.722. The summed E-state index contributed by atoms with van der Waals surface area (Å²) in [6, 6.07) is 6.89. The minimum absolute atomic E-state index is 0.650. The van der Waals surface area contributed by atoms with Gasteiger partial charge in [0.2, 0.25) is 0 Å². The second-order valence-electron chi connectivity index (χ2n) is 2.46. The Bertz CT molecular complexity index is 337. The molecule has 0 aliphatic rings. The molecule has 0 aromatic heterocycles. The molecule has 0 N–H and O–H groups in total. The van der Waals surface area contributed by atoms with Gasteiger partial charge in [0.15, 0.2) is 0 Å². The Kier molecular flexibility index (Phi) is 2.25. The van der Waals surface area contributed by atoms with E-state index in [-0.39, 0.29) is 0 Å². The molecular weight excluding hydrogens is 180 g/mol. The van der Waals surface area contributed by atoms with E-state index in [0.29, 0.717) is 5.02 Å². The summed E-state index contributed by atoms with van der Waals surface area (Å²) in [6.45, 7) is 0. The summed E-state index contributed by atoms with van der Waals surface area (Å²) in [5.41, 5.74) is 0. The van der Waals surface area contributed by atoms with Crippen molar-refractivity contribution in [2.24, 2.45) is 0 Å². The summed E-state index contributed by atoms with van der Waals surface area (Å²) < 4.78 is 11.3. The highest BCUT2D eigenvalue weighted by Crippen LogP contribution is 2.13. The van der Waals surface area contributed by atoms with E-state index in [1.165, 1.54) is 0 Å². The van der Waals surface area contributed by atoms with E-state index in [2.05, 4.69) is 5.87 Å². The summed E-state index contributed by atoms with van der Waals surface area (Å²) in [6.07, 6.45) is 1.61. The van der Waals surface area contributed by atoms with E-state index in [1.807, 2.05) is 0 Å². The van der Waals surface area contributed by atoms with Crippen LogP contribution in [0.3, 0.4) is 0 Å². The topological polar surface area (TPSA) is 17.1 Å². The van der Waals surface area contributed by atoms with Crippen molar-refractivity contribution in [3.63, 3.8) is 0 Å². The molecule has 11 heavy (non-hydrogen) atoms. The molecule has 0 fully saturated rings. The Morgan fingerprint density at radius 3 is 2.18 bits per heavy atom. The molecule has 0 amide bonds. The maximum Gasteiger partial charge on any atom is 0.0406 e. The lowest BCUT2D eigenvalue weighted by molar-refractivity contribution is 0.685. The van der Waals surface area contributed by atoms with Crippen molar-refractivity contribution < 1.29 is 4.21 Å². The Morgan fingerprint density at radius 2 is 1.82 bits per heavy atom. The van der Waals surface area contributed by atoms with Crippen LogP contribution in [0.2, 0.25) is 5.02 Å². The number of hydrogen-bond donors (Lipinski definition) is 0. The Labute approximate surface area is 72.0 Å². The minimum Gasteiger partial charge on any atom is -0.263 e. The van der Waals surface area contributed by atoms with Crippen molar-refractivity contribution in [3.8, 4) is 0 Å². The standard InChI is InChI=1S/C8H9ClOS/c1-11(2,10)8-5-3-7(9)4-6-8/h3-6H,1H2,2H3.